The number of benzene rings is 1. The summed E-state index contributed by atoms with van der Waals surface area (Å²) in [7, 11) is 0. The summed E-state index contributed by atoms with van der Waals surface area (Å²) >= 11 is 0. The highest BCUT2D eigenvalue weighted by Gasteiger charge is 2.24. The van der Waals surface area contributed by atoms with Gasteiger partial charge in [-0.1, -0.05) is 30.3 Å². The second kappa shape index (κ2) is 2.27. The van der Waals surface area contributed by atoms with Gasteiger partial charge in [-0.25, -0.2) is 4.79 Å². The van der Waals surface area contributed by atoms with Gasteiger partial charge in [0.25, 0.3) is 0 Å². The highest BCUT2D eigenvalue weighted by atomic mass is 16.2. The van der Waals surface area contributed by atoms with Gasteiger partial charge in [-0.3, -0.25) is 0 Å². The van der Waals surface area contributed by atoms with E-state index < -0.39 is 0 Å². The molecule has 2 rings (SSSR count). The molecule has 2 amide bonds. The lowest BCUT2D eigenvalue weighted by molar-refractivity contribution is 0.208. The zero-order valence-corrected chi connectivity index (χ0v) is 5.87. The van der Waals surface area contributed by atoms with E-state index in [1.165, 1.54) is 0 Å². The quantitative estimate of drug-likeness (QED) is 0.612. The highest BCUT2D eigenvalue weighted by molar-refractivity contribution is 5.80. The Morgan fingerprint density at radius 3 is 2.27 bits per heavy atom. The first kappa shape index (κ1) is 6.22. The van der Waals surface area contributed by atoms with Crippen LogP contribution in [0.3, 0.4) is 0 Å². The molecule has 1 fully saturated rings. The molecule has 0 aromatic heterocycles. The molecule has 0 bridgehead atoms. The number of urea groups is 1. The van der Waals surface area contributed by atoms with Crippen LogP contribution < -0.4 is 10.6 Å². The molecule has 0 unspecified atom stereocenters. The second-order valence-corrected chi connectivity index (χ2v) is 2.46. The summed E-state index contributed by atoms with van der Waals surface area (Å²) in [6.07, 6.45) is 0.0173. The fourth-order valence-electron chi connectivity index (χ4n) is 1.07. The normalized spacial score (nSPS) is 16.5. The van der Waals surface area contributed by atoms with Gasteiger partial charge in [0.2, 0.25) is 0 Å². The summed E-state index contributed by atoms with van der Waals surface area (Å²) < 4.78 is 0. The molecule has 0 radical (unpaired) electrons. The minimum atomic E-state index is -0.0983. The van der Waals surface area contributed by atoms with Crippen LogP contribution >= 0.6 is 0 Å². The summed E-state index contributed by atoms with van der Waals surface area (Å²) in [5.74, 6) is 0. The van der Waals surface area contributed by atoms with Crippen LogP contribution in [0.4, 0.5) is 4.79 Å². The van der Waals surface area contributed by atoms with Gasteiger partial charge in [-0.05, 0) is 5.56 Å². The van der Waals surface area contributed by atoms with Crippen LogP contribution in [0.5, 0.6) is 0 Å². The summed E-state index contributed by atoms with van der Waals surface area (Å²) in [5.41, 5.74) is 1.09. The van der Waals surface area contributed by atoms with Crippen molar-refractivity contribution in [2.75, 3.05) is 0 Å². The van der Waals surface area contributed by atoms with Crippen LogP contribution in [0, 0.1) is 0 Å². The molecular formula is C8H8N2O. The lowest BCUT2D eigenvalue weighted by atomic mass is 10.1. The Morgan fingerprint density at radius 2 is 1.73 bits per heavy atom. The lowest BCUT2D eigenvalue weighted by Gasteiger charge is -2.29. The van der Waals surface area contributed by atoms with Gasteiger partial charge in [-0.15, -0.1) is 0 Å². The number of hydrogen-bond acceptors (Lipinski definition) is 1. The minimum Gasteiger partial charge on any atom is -0.314 e. The average Bonchev–Trinajstić information content (AvgIpc) is 2.01. The van der Waals surface area contributed by atoms with Crippen molar-refractivity contribution in [1.29, 1.82) is 0 Å². The van der Waals surface area contributed by atoms with Crippen molar-refractivity contribution in [1.82, 2.24) is 10.6 Å². The number of carbonyl (C=O) groups is 1. The van der Waals surface area contributed by atoms with Gasteiger partial charge in [0.1, 0.15) is 6.17 Å². The number of nitrogens with one attached hydrogen (secondary N) is 2. The Labute approximate surface area is 64.4 Å². The molecule has 2 N–H and O–H groups in total. The van der Waals surface area contributed by atoms with Crippen molar-refractivity contribution in [3.8, 4) is 0 Å². The van der Waals surface area contributed by atoms with Crippen molar-refractivity contribution in [2.45, 2.75) is 6.17 Å². The van der Waals surface area contributed by atoms with E-state index in [-0.39, 0.29) is 12.2 Å². The van der Waals surface area contributed by atoms with Crippen molar-refractivity contribution in [2.24, 2.45) is 0 Å². The van der Waals surface area contributed by atoms with Gasteiger partial charge < -0.3 is 10.6 Å². The first-order valence-electron chi connectivity index (χ1n) is 3.48. The standard InChI is InChI=1S/C8H8N2O/c11-8-9-7(10-8)6-4-2-1-3-5-6/h1-5,7H,(H2,9,10,11). The number of hydrogen-bond donors (Lipinski definition) is 2. The smallest absolute Gasteiger partial charge is 0.314 e. The maximum Gasteiger partial charge on any atom is 0.318 e. The average molecular weight is 148 g/mol. The topological polar surface area (TPSA) is 41.1 Å². The molecule has 0 aliphatic carbocycles. The first-order valence-corrected chi connectivity index (χ1v) is 3.48. The Morgan fingerprint density at radius 1 is 1.09 bits per heavy atom. The fraction of sp³-hybridized carbons (Fsp3) is 0.125. The number of carbonyl (C=O) groups excluding carboxylic acids is 1. The maximum absolute atomic E-state index is 10.5. The summed E-state index contributed by atoms with van der Waals surface area (Å²) in [6.45, 7) is 0. The third-order valence-corrected chi connectivity index (χ3v) is 1.68. The molecule has 0 atom stereocenters. The van der Waals surface area contributed by atoms with Crippen LogP contribution in [0.2, 0.25) is 0 Å². The van der Waals surface area contributed by atoms with Gasteiger partial charge >= 0.3 is 6.03 Å². The third-order valence-electron chi connectivity index (χ3n) is 1.68. The molecule has 0 spiro atoms. The van der Waals surface area contributed by atoms with Gasteiger partial charge in [0.15, 0.2) is 0 Å². The molecule has 56 valence electrons. The van der Waals surface area contributed by atoms with Crippen LogP contribution in [-0.2, 0) is 0 Å². The molecule has 1 aromatic rings. The SMILES string of the molecule is O=C1NC(c2ccccc2)N1. The third kappa shape index (κ3) is 1.05. The molecule has 1 aromatic carbocycles. The Balaban J connectivity index is 2.13. The maximum atomic E-state index is 10.5. The Bertz CT molecular complexity index is 263. The predicted octanol–water partition coefficient (Wildman–Crippen LogP) is 0.998. The van der Waals surface area contributed by atoms with E-state index in [1.807, 2.05) is 30.3 Å². The Kier molecular flexibility index (Phi) is 1.28. The minimum absolute atomic E-state index is 0.0173. The molecule has 3 heteroatoms. The van der Waals surface area contributed by atoms with Gasteiger partial charge in [0, 0.05) is 0 Å². The van der Waals surface area contributed by atoms with Crippen LogP contribution in [0.15, 0.2) is 30.3 Å². The second-order valence-electron chi connectivity index (χ2n) is 2.46. The van der Waals surface area contributed by atoms with Gasteiger partial charge in [-0.2, -0.15) is 0 Å². The fourth-order valence-corrected chi connectivity index (χ4v) is 1.07. The zero-order valence-electron chi connectivity index (χ0n) is 5.87. The molecule has 1 saturated heterocycles. The van der Waals surface area contributed by atoms with Crippen molar-refractivity contribution >= 4 is 6.03 Å². The van der Waals surface area contributed by atoms with Crippen LogP contribution in [0.1, 0.15) is 11.7 Å². The molecule has 11 heavy (non-hydrogen) atoms. The predicted molar refractivity (Wildman–Crippen MR) is 40.9 cm³/mol. The van der Waals surface area contributed by atoms with Crippen molar-refractivity contribution in [3.63, 3.8) is 0 Å². The molecule has 3 nitrogen and oxygen atoms in total. The van der Waals surface area contributed by atoms with Gasteiger partial charge in [0.05, 0.1) is 0 Å². The monoisotopic (exact) mass is 148 g/mol. The van der Waals surface area contributed by atoms with E-state index in [1.54, 1.807) is 0 Å². The van der Waals surface area contributed by atoms with E-state index in [9.17, 15) is 4.79 Å². The first-order chi connectivity index (χ1) is 5.36. The summed E-state index contributed by atoms with van der Waals surface area (Å²) in [5, 5.41) is 5.42. The van der Waals surface area contributed by atoms with E-state index in [0.29, 0.717) is 0 Å². The highest BCUT2D eigenvalue weighted by Crippen LogP contribution is 2.13. The van der Waals surface area contributed by atoms with Crippen LogP contribution in [-0.4, -0.2) is 6.03 Å². The van der Waals surface area contributed by atoms with E-state index in [0.717, 1.165) is 5.56 Å². The summed E-state index contributed by atoms with van der Waals surface area (Å²) in [4.78, 5) is 10.5. The molecule has 0 saturated carbocycles. The summed E-state index contributed by atoms with van der Waals surface area (Å²) in [6, 6.07) is 9.68. The Hall–Kier alpha value is -1.51. The molecule has 1 aliphatic heterocycles. The van der Waals surface area contributed by atoms with E-state index in [2.05, 4.69) is 10.6 Å². The van der Waals surface area contributed by atoms with E-state index >= 15 is 0 Å². The molecule has 1 heterocycles. The largest absolute Gasteiger partial charge is 0.318 e. The molecular weight excluding hydrogens is 140 g/mol. The zero-order chi connectivity index (χ0) is 7.68. The van der Waals surface area contributed by atoms with Crippen molar-refractivity contribution < 1.29 is 4.79 Å². The van der Waals surface area contributed by atoms with Crippen LogP contribution in [0.25, 0.3) is 0 Å². The molecule has 1 aliphatic rings. The lowest BCUT2D eigenvalue weighted by Crippen LogP contribution is -2.56. The number of amides is 2. The number of rotatable bonds is 1. The van der Waals surface area contributed by atoms with Crippen molar-refractivity contribution in [3.05, 3.63) is 35.9 Å². The van der Waals surface area contributed by atoms with E-state index in [4.69, 9.17) is 0 Å².